The molecular formula is C17H24N2O5. The van der Waals surface area contributed by atoms with E-state index in [-0.39, 0.29) is 6.42 Å². The van der Waals surface area contributed by atoms with Gasteiger partial charge in [0.2, 0.25) is 5.91 Å². The van der Waals surface area contributed by atoms with Crippen molar-refractivity contribution in [2.75, 3.05) is 0 Å². The molecule has 0 aliphatic rings. The first-order chi connectivity index (χ1) is 11.1. The van der Waals surface area contributed by atoms with Crippen LogP contribution in [0.3, 0.4) is 0 Å². The smallest absolute Gasteiger partial charge is 0.408 e. The van der Waals surface area contributed by atoms with Gasteiger partial charge in [-0.15, -0.1) is 0 Å². The molecule has 3 N–H and O–H groups in total. The van der Waals surface area contributed by atoms with E-state index in [4.69, 9.17) is 4.74 Å². The van der Waals surface area contributed by atoms with Crippen LogP contribution in [-0.4, -0.2) is 40.8 Å². The summed E-state index contributed by atoms with van der Waals surface area (Å²) in [5.41, 5.74) is 0.106. The lowest BCUT2D eigenvalue weighted by Crippen LogP contribution is -2.51. The van der Waals surface area contributed by atoms with E-state index in [0.29, 0.717) is 0 Å². The van der Waals surface area contributed by atoms with Gasteiger partial charge in [0.25, 0.3) is 0 Å². The lowest BCUT2D eigenvalue weighted by Gasteiger charge is -2.22. The number of carboxylic acids is 1. The number of rotatable bonds is 6. The highest BCUT2D eigenvalue weighted by molar-refractivity contribution is 5.89. The molecule has 0 saturated carbocycles. The fraction of sp³-hybridized carbons (Fsp3) is 0.471. The predicted molar refractivity (Wildman–Crippen MR) is 88.5 cm³/mol. The van der Waals surface area contributed by atoms with E-state index in [1.807, 2.05) is 6.07 Å². The van der Waals surface area contributed by atoms with E-state index in [2.05, 4.69) is 10.6 Å². The molecule has 2 amide bonds. The first-order valence-electron chi connectivity index (χ1n) is 7.65. The van der Waals surface area contributed by atoms with Gasteiger partial charge < -0.3 is 20.5 Å². The number of alkyl carbamates (subject to hydrolysis) is 1. The van der Waals surface area contributed by atoms with E-state index in [0.717, 1.165) is 5.56 Å². The molecule has 0 radical (unpaired) electrons. The number of aliphatic carboxylic acids is 1. The number of ether oxygens (including phenoxy) is 1. The van der Waals surface area contributed by atoms with Gasteiger partial charge in [0.1, 0.15) is 17.7 Å². The summed E-state index contributed by atoms with van der Waals surface area (Å²) in [7, 11) is 0. The molecule has 24 heavy (non-hydrogen) atoms. The maximum absolute atomic E-state index is 12.1. The lowest BCUT2D eigenvalue weighted by molar-refractivity contribution is -0.142. The summed E-state index contributed by atoms with van der Waals surface area (Å²) in [6, 6.07) is 6.98. The number of carbonyl (C=O) groups is 3. The highest BCUT2D eigenvalue weighted by Gasteiger charge is 2.25. The molecule has 2 atom stereocenters. The Balaban J connectivity index is 2.61. The second kappa shape index (κ2) is 8.33. The van der Waals surface area contributed by atoms with Gasteiger partial charge in [-0.05, 0) is 33.3 Å². The zero-order chi connectivity index (χ0) is 18.3. The van der Waals surface area contributed by atoms with Crippen LogP contribution in [0.15, 0.2) is 30.3 Å². The molecule has 0 heterocycles. The van der Waals surface area contributed by atoms with Gasteiger partial charge in [-0.1, -0.05) is 30.3 Å². The quantitative estimate of drug-likeness (QED) is 0.733. The molecular weight excluding hydrogens is 312 g/mol. The standard InChI is InChI=1S/C17H24N2O5/c1-11(18-16(23)24-17(2,3)4)14(20)19-13(15(21)22)10-12-8-6-5-7-9-12/h5-9,11,13H,10H2,1-4H3,(H,18,23)(H,19,20)(H,21,22). The minimum absolute atomic E-state index is 0.154. The molecule has 7 nitrogen and oxygen atoms in total. The van der Waals surface area contributed by atoms with Crippen LogP contribution in [0.1, 0.15) is 33.3 Å². The lowest BCUT2D eigenvalue weighted by atomic mass is 10.1. The second-order valence-corrected chi connectivity index (χ2v) is 6.46. The molecule has 0 spiro atoms. The van der Waals surface area contributed by atoms with Crippen molar-refractivity contribution in [2.45, 2.75) is 51.8 Å². The van der Waals surface area contributed by atoms with Crippen LogP contribution in [0, 0.1) is 0 Å². The Bertz CT molecular complexity index is 580. The molecule has 0 aliphatic heterocycles. The van der Waals surface area contributed by atoms with Crippen LogP contribution in [-0.2, 0) is 20.7 Å². The third-order valence-electron chi connectivity index (χ3n) is 3.02. The molecule has 2 unspecified atom stereocenters. The van der Waals surface area contributed by atoms with E-state index >= 15 is 0 Å². The fourth-order valence-corrected chi connectivity index (χ4v) is 1.90. The van der Waals surface area contributed by atoms with Crippen molar-refractivity contribution < 1.29 is 24.2 Å². The Morgan fingerprint density at radius 3 is 2.21 bits per heavy atom. The molecule has 0 saturated heterocycles. The maximum Gasteiger partial charge on any atom is 0.408 e. The molecule has 0 fully saturated rings. The van der Waals surface area contributed by atoms with Gasteiger partial charge in [0.05, 0.1) is 0 Å². The van der Waals surface area contributed by atoms with Crippen LogP contribution in [0.25, 0.3) is 0 Å². The highest BCUT2D eigenvalue weighted by atomic mass is 16.6. The molecule has 1 aromatic carbocycles. The van der Waals surface area contributed by atoms with Crippen molar-refractivity contribution in [2.24, 2.45) is 0 Å². The third-order valence-corrected chi connectivity index (χ3v) is 3.02. The average molecular weight is 336 g/mol. The predicted octanol–water partition coefficient (Wildman–Crippen LogP) is 1.71. The second-order valence-electron chi connectivity index (χ2n) is 6.46. The molecule has 132 valence electrons. The normalized spacial score (nSPS) is 13.5. The van der Waals surface area contributed by atoms with E-state index in [1.54, 1.807) is 45.0 Å². The first-order valence-corrected chi connectivity index (χ1v) is 7.65. The summed E-state index contributed by atoms with van der Waals surface area (Å²) < 4.78 is 5.06. The molecule has 1 aromatic rings. The average Bonchev–Trinajstić information content (AvgIpc) is 2.45. The molecule has 7 heteroatoms. The summed E-state index contributed by atoms with van der Waals surface area (Å²) in [4.78, 5) is 35.1. The Kier molecular flexibility index (Phi) is 6.76. The van der Waals surface area contributed by atoms with Crippen LogP contribution in [0.2, 0.25) is 0 Å². The van der Waals surface area contributed by atoms with Crippen LogP contribution < -0.4 is 10.6 Å². The highest BCUT2D eigenvalue weighted by Crippen LogP contribution is 2.07. The van der Waals surface area contributed by atoms with Gasteiger partial charge >= 0.3 is 12.1 Å². The van der Waals surface area contributed by atoms with Crippen molar-refractivity contribution in [3.05, 3.63) is 35.9 Å². The first kappa shape index (κ1) is 19.5. The Morgan fingerprint density at radius 1 is 1.12 bits per heavy atom. The van der Waals surface area contributed by atoms with Gasteiger partial charge in [-0.2, -0.15) is 0 Å². The molecule has 1 rings (SSSR count). The zero-order valence-corrected chi connectivity index (χ0v) is 14.3. The number of carboxylic acid groups (broad SMARTS) is 1. The largest absolute Gasteiger partial charge is 0.480 e. The summed E-state index contributed by atoms with van der Waals surface area (Å²) in [6.07, 6.45) is -0.582. The minimum atomic E-state index is -1.14. The van der Waals surface area contributed by atoms with Gasteiger partial charge in [0, 0.05) is 6.42 Å². The number of nitrogens with one attached hydrogen (secondary N) is 2. The fourth-order valence-electron chi connectivity index (χ4n) is 1.90. The molecule has 0 bridgehead atoms. The van der Waals surface area contributed by atoms with E-state index < -0.39 is 35.7 Å². The molecule has 0 aliphatic carbocycles. The number of carbonyl (C=O) groups excluding carboxylic acids is 2. The van der Waals surface area contributed by atoms with E-state index in [1.165, 1.54) is 6.92 Å². The number of benzene rings is 1. The number of amides is 2. The van der Waals surface area contributed by atoms with Gasteiger partial charge in [-0.3, -0.25) is 4.79 Å². The maximum atomic E-state index is 12.1. The van der Waals surface area contributed by atoms with E-state index in [9.17, 15) is 19.5 Å². The third kappa shape index (κ3) is 7.13. The van der Waals surface area contributed by atoms with Crippen molar-refractivity contribution in [3.63, 3.8) is 0 Å². The Hall–Kier alpha value is -2.57. The SMILES string of the molecule is CC(NC(=O)OC(C)(C)C)C(=O)NC(Cc1ccccc1)C(=O)O. The number of hydrogen-bond acceptors (Lipinski definition) is 4. The minimum Gasteiger partial charge on any atom is -0.480 e. The van der Waals surface area contributed by atoms with Crippen LogP contribution in [0.5, 0.6) is 0 Å². The zero-order valence-electron chi connectivity index (χ0n) is 14.3. The van der Waals surface area contributed by atoms with Crippen LogP contribution >= 0.6 is 0 Å². The van der Waals surface area contributed by atoms with Gasteiger partial charge in [0.15, 0.2) is 0 Å². The Morgan fingerprint density at radius 2 is 1.71 bits per heavy atom. The summed E-state index contributed by atoms with van der Waals surface area (Å²) in [6.45, 7) is 6.58. The summed E-state index contributed by atoms with van der Waals surface area (Å²) in [5.74, 6) is -1.74. The summed E-state index contributed by atoms with van der Waals surface area (Å²) in [5, 5.41) is 14.1. The topological polar surface area (TPSA) is 105 Å². The van der Waals surface area contributed by atoms with Crippen molar-refractivity contribution >= 4 is 18.0 Å². The molecule has 0 aromatic heterocycles. The Labute approximate surface area is 141 Å². The van der Waals surface area contributed by atoms with Crippen molar-refractivity contribution in [1.29, 1.82) is 0 Å². The van der Waals surface area contributed by atoms with Crippen molar-refractivity contribution in [3.8, 4) is 0 Å². The monoisotopic (exact) mass is 336 g/mol. The summed E-state index contributed by atoms with van der Waals surface area (Å²) >= 11 is 0. The van der Waals surface area contributed by atoms with Crippen LogP contribution in [0.4, 0.5) is 4.79 Å². The number of hydrogen-bond donors (Lipinski definition) is 3. The van der Waals surface area contributed by atoms with Crippen molar-refractivity contribution in [1.82, 2.24) is 10.6 Å². The van der Waals surface area contributed by atoms with Gasteiger partial charge in [-0.25, -0.2) is 9.59 Å².